The Morgan fingerprint density at radius 3 is 2.93 bits per heavy atom. The lowest BCUT2D eigenvalue weighted by atomic mass is 10.1. The van der Waals surface area contributed by atoms with E-state index in [2.05, 4.69) is 26.0 Å². The number of halogens is 1. The predicted molar refractivity (Wildman–Crippen MR) is 57.7 cm³/mol. The fourth-order valence-electron chi connectivity index (χ4n) is 1.35. The first-order chi connectivity index (χ1) is 6.70. The number of hydrogen-bond acceptors (Lipinski definition) is 2. The Bertz CT molecular complexity index is 418. The van der Waals surface area contributed by atoms with E-state index in [-0.39, 0.29) is 6.04 Å². The maximum absolute atomic E-state index is 6.06. The number of aromatic amines is 1. The molecule has 4 nitrogen and oxygen atoms in total. The van der Waals surface area contributed by atoms with Gasteiger partial charge in [0, 0.05) is 24.5 Å². The molecule has 3 N–H and O–H groups in total. The zero-order valence-electron chi connectivity index (χ0n) is 7.74. The third kappa shape index (κ3) is 1.49. The molecular formula is C9H11BrN4. The smallest absolute Gasteiger partial charge is 0.108 e. The number of rotatable bonds is 2. The Kier molecular flexibility index (Phi) is 2.43. The summed E-state index contributed by atoms with van der Waals surface area (Å²) in [5.41, 5.74) is 8.03. The molecule has 0 bridgehead atoms. The minimum atomic E-state index is -0.159. The number of hydrogen-bond donors (Lipinski definition) is 2. The van der Waals surface area contributed by atoms with Crippen LogP contribution in [0, 0.1) is 0 Å². The van der Waals surface area contributed by atoms with Crippen LogP contribution in [-0.4, -0.2) is 14.8 Å². The van der Waals surface area contributed by atoms with E-state index in [4.69, 9.17) is 5.73 Å². The first-order valence-electron chi connectivity index (χ1n) is 4.26. The molecule has 2 heterocycles. The molecule has 74 valence electrons. The molecule has 5 heteroatoms. The SMILES string of the molecule is Cn1ncc(C(N)c2ccc[nH]2)c1Br. The van der Waals surface area contributed by atoms with Gasteiger partial charge in [-0.05, 0) is 28.1 Å². The van der Waals surface area contributed by atoms with E-state index in [1.165, 1.54) is 0 Å². The summed E-state index contributed by atoms with van der Waals surface area (Å²) in [5, 5.41) is 4.12. The molecule has 1 atom stereocenters. The molecule has 0 fully saturated rings. The highest BCUT2D eigenvalue weighted by Crippen LogP contribution is 2.24. The van der Waals surface area contributed by atoms with Crippen molar-refractivity contribution in [2.45, 2.75) is 6.04 Å². The van der Waals surface area contributed by atoms with Gasteiger partial charge in [-0.3, -0.25) is 4.68 Å². The second-order valence-electron chi connectivity index (χ2n) is 3.12. The standard InChI is InChI=1S/C9H11BrN4/c1-14-9(10)6(5-13-14)8(11)7-3-2-4-12-7/h2-5,8,12H,11H2,1H3. The number of nitrogens with zero attached hydrogens (tertiary/aromatic N) is 2. The number of aryl methyl sites for hydroxylation is 1. The van der Waals surface area contributed by atoms with Crippen LogP contribution in [0.25, 0.3) is 0 Å². The Hall–Kier alpha value is -1.07. The average molecular weight is 255 g/mol. The number of nitrogens with one attached hydrogen (secondary N) is 1. The van der Waals surface area contributed by atoms with Gasteiger partial charge in [0.25, 0.3) is 0 Å². The Balaban J connectivity index is 2.36. The fourth-order valence-corrected chi connectivity index (χ4v) is 1.79. The van der Waals surface area contributed by atoms with Crippen LogP contribution in [0.5, 0.6) is 0 Å². The number of nitrogens with two attached hydrogens (primary N) is 1. The van der Waals surface area contributed by atoms with Gasteiger partial charge in [0.15, 0.2) is 0 Å². The molecule has 0 spiro atoms. The lowest BCUT2D eigenvalue weighted by molar-refractivity contribution is 0.743. The molecule has 1 unspecified atom stereocenters. The molecular weight excluding hydrogens is 244 g/mol. The molecule has 2 aromatic rings. The van der Waals surface area contributed by atoms with Gasteiger partial charge in [-0.25, -0.2) is 0 Å². The minimum Gasteiger partial charge on any atom is -0.363 e. The van der Waals surface area contributed by atoms with Gasteiger partial charge < -0.3 is 10.7 Å². The average Bonchev–Trinajstić information content (AvgIpc) is 2.77. The quantitative estimate of drug-likeness (QED) is 0.855. The molecule has 14 heavy (non-hydrogen) atoms. The summed E-state index contributed by atoms with van der Waals surface area (Å²) in [5.74, 6) is 0. The summed E-state index contributed by atoms with van der Waals surface area (Å²) >= 11 is 3.44. The molecule has 0 aliphatic carbocycles. The fraction of sp³-hybridized carbons (Fsp3) is 0.222. The van der Waals surface area contributed by atoms with Gasteiger partial charge in [0.05, 0.1) is 12.2 Å². The Labute approximate surface area is 90.2 Å². The van der Waals surface area contributed by atoms with Crippen LogP contribution < -0.4 is 5.73 Å². The molecule has 0 saturated carbocycles. The van der Waals surface area contributed by atoms with E-state index in [1.54, 1.807) is 10.9 Å². The Morgan fingerprint density at radius 1 is 1.64 bits per heavy atom. The van der Waals surface area contributed by atoms with Crippen LogP contribution in [0.15, 0.2) is 29.1 Å². The van der Waals surface area contributed by atoms with Crippen molar-refractivity contribution in [2.24, 2.45) is 12.8 Å². The van der Waals surface area contributed by atoms with Gasteiger partial charge in [-0.15, -0.1) is 0 Å². The van der Waals surface area contributed by atoms with Crippen molar-refractivity contribution < 1.29 is 0 Å². The van der Waals surface area contributed by atoms with E-state index in [0.717, 1.165) is 15.9 Å². The summed E-state index contributed by atoms with van der Waals surface area (Å²) < 4.78 is 2.66. The molecule has 0 aliphatic heterocycles. The maximum Gasteiger partial charge on any atom is 0.108 e. The number of aromatic nitrogens is 3. The van der Waals surface area contributed by atoms with Crippen molar-refractivity contribution in [2.75, 3.05) is 0 Å². The van der Waals surface area contributed by atoms with Crippen molar-refractivity contribution in [1.29, 1.82) is 0 Å². The van der Waals surface area contributed by atoms with Crippen molar-refractivity contribution in [3.05, 3.63) is 40.4 Å². The van der Waals surface area contributed by atoms with Crippen LogP contribution >= 0.6 is 15.9 Å². The third-order valence-electron chi connectivity index (χ3n) is 2.18. The van der Waals surface area contributed by atoms with Gasteiger partial charge in [0.2, 0.25) is 0 Å². The Morgan fingerprint density at radius 2 is 2.43 bits per heavy atom. The van der Waals surface area contributed by atoms with Crippen LogP contribution in [0.4, 0.5) is 0 Å². The van der Waals surface area contributed by atoms with Crippen LogP contribution in [-0.2, 0) is 7.05 Å². The van der Waals surface area contributed by atoms with Crippen LogP contribution in [0.3, 0.4) is 0 Å². The monoisotopic (exact) mass is 254 g/mol. The van der Waals surface area contributed by atoms with Crippen LogP contribution in [0.1, 0.15) is 17.3 Å². The van der Waals surface area contributed by atoms with E-state index in [9.17, 15) is 0 Å². The second-order valence-corrected chi connectivity index (χ2v) is 3.87. The van der Waals surface area contributed by atoms with Gasteiger partial charge in [-0.1, -0.05) is 0 Å². The molecule has 0 aromatic carbocycles. The third-order valence-corrected chi connectivity index (χ3v) is 3.16. The second kappa shape index (κ2) is 3.59. The highest BCUT2D eigenvalue weighted by molar-refractivity contribution is 9.10. The topological polar surface area (TPSA) is 59.6 Å². The van der Waals surface area contributed by atoms with Gasteiger partial charge >= 0.3 is 0 Å². The van der Waals surface area contributed by atoms with Crippen molar-refractivity contribution in [3.63, 3.8) is 0 Å². The van der Waals surface area contributed by atoms with Gasteiger partial charge in [-0.2, -0.15) is 5.10 Å². The largest absolute Gasteiger partial charge is 0.363 e. The zero-order chi connectivity index (χ0) is 10.1. The summed E-state index contributed by atoms with van der Waals surface area (Å²) in [6, 6.07) is 3.73. The lowest BCUT2D eigenvalue weighted by Gasteiger charge is -2.08. The maximum atomic E-state index is 6.06. The first-order valence-corrected chi connectivity index (χ1v) is 5.05. The summed E-state index contributed by atoms with van der Waals surface area (Å²) in [4.78, 5) is 3.09. The highest BCUT2D eigenvalue weighted by atomic mass is 79.9. The number of H-pyrrole nitrogens is 1. The molecule has 0 radical (unpaired) electrons. The summed E-state index contributed by atoms with van der Waals surface area (Å²) in [6.45, 7) is 0. The van der Waals surface area contributed by atoms with E-state index in [1.807, 2.05) is 25.4 Å². The lowest BCUT2D eigenvalue weighted by Crippen LogP contribution is -2.12. The van der Waals surface area contributed by atoms with Crippen molar-refractivity contribution in [3.8, 4) is 0 Å². The minimum absolute atomic E-state index is 0.159. The van der Waals surface area contributed by atoms with Gasteiger partial charge in [0.1, 0.15) is 4.60 Å². The zero-order valence-corrected chi connectivity index (χ0v) is 9.32. The molecule has 0 saturated heterocycles. The summed E-state index contributed by atoms with van der Waals surface area (Å²) in [6.07, 6.45) is 3.63. The normalized spacial score (nSPS) is 13.1. The summed E-state index contributed by atoms with van der Waals surface area (Å²) in [7, 11) is 1.87. The first kappa shape index (κ1) is 9.48. The molecule has 2 rings (SSSR count). The predicted octanol–water partition coefficient (Wildman–Crippen LogP) is 1.56. The van der Waals surface area contributed by atoms with E-state index in [0.29, 0.717) is 0 Å². The van der Waals surface area contributed by atoms with E-state index < -0.39 is 0 Å². The van der Waals surface area contributed by atoms with Crippen molar-refractivity contribution in [1.82, 2.24) is 14.8 Å². The molecule has 0 aliphatic rings. The van der Waals surface area contributed by atoms with Crippen molar-refractivity contribution >= 4 is 15.9 Å². The molecule has 2 aromatic heterocycles. The van der Waals surface area contributed by atoms with Crippen LogP contribution in [0.2, 0.25) is 0 Å². The highest BCUT2D eigenvalue weighted by Gasteiger charge is 2.15. The van der Waals surface area contributed by atoms with E-state index >= 15 is 0 Å². The molecule has 0 amide bonds.